The number of halogens is 2. The van der Waals surface area contributed by atoms with Crippen LogP contribution in [0.15, 0.2) is 0 Å². The van der Waals surface area contributed by atoms with Crippen molar-refractivity contribution in [1.82, 2.24) is 5.32 Å². The second kappa shape index (κ2) is 5.19. The third kappa shape index (κ3) is 4.34. The average Bonchev–Trinajstić information content (AvgIpc) is 1.65. The van der Waals surface area contributed by atoms with Gasteiger partial charge in [-0.05, 0) is 26.3 Å². The monoisotopic (exact) mass is 186 g/mol. The van der Waals surface area contributed by atoms with Crippen LogP contribution in [0.5, 0.6) is 0 Å². The molecular weight excluding hydrogens is 171 g/mol. The van der Waals surface area contributed by atoms with Gasteiger partial charge < -0.3 is 11.1 Å². The summed E-state index contributed by atoms with van der Waals surface area (Å²) in [5, 5.41) is 3.25. The topological polar surface area (TPSA) is 38.0 Å². The Morgan fingerprint density at radius 3 is 2.20 bits per heavy atom. The van der Waals surface area contributed by atoms with Crippen LogP contribution in [0.1, 0.15) is 19.8 Å². The lowest BCUT2D eigenvalue weighted by atomic mass is 9.94. The molecule has 1 unspecified atom stereocenters. The van der Waals surface area contributed by atoms with Crippen molar-refractivity contribution in [3.63, 3.8) is 0 Å². The molecule has 1 atom stereocenters. The summed E-state index contributed by atoms with van der Waals surface area (Å²) in [6.45, 7) is 4.22. The van der Waals surface area contributed by atoms with E-state index in [1.54, 1.807) is 0 Å². The van der Waals surface area contributed by atoms with E-state index in [9.17, 15) is 0 Å². The zero-order valence-corrected chi connectivity index (χ0v) is 7.86. The van der Waals surface area contributed by atoms with Gasteiger partial charge in [0, 0.05) is 12.1 Å². The Bertz CT molecular complexity index is 77.8. The van der Waals surface area contributed by atoms with Crippen LogP contribution >= 0.6 is 24.8 Å². The third-order valence-electron chi connectivity index (χ3n) is 1.63. The van der Waals surface area contributed by atoms with Crippen LogP contribution in [-0.2, 0) is 0 Å². The number of nitrogens with one attached hydrogen (secondary N) is 1. The van der Waals surface area contributed by atoms with Gasteiger partial charge >= 0.3 is 0 Å². The van der Waals surface area contributed by atoms with Crippen LogP contribution in [0.4, 0.5) is 0 Å². The lowest BCUT2D eigenvalue weighted by molar-refractivity contribution is 0.342. The van der Waals surface area contributed by atoms with Gasteiger partial charge in [0.05, 0.1) is 0 Å². The minimum atomic E-state index is 0. The summed E-state index contributed by atoms with van der Waals surface area (Å²) in [6.07, 6.45) is 2.40. The molecule has 0 amide bonds. The summed E-state index contributed by atoms with van der Waals surface area (Å²) in [7, 11) is 0. The fourth-order valence-corrected chi connectivity index (χ4v) is 1.08. The summed E-state index contributed by atoms with van der Waals surface area (Å²) in [5.41, 5.74) is 5.88. The van der Waals surface area contributed by atoms with Crippen molar-refractivity contribution in [2.24, 2.45) is 5.73 Å². The molecule has 2 nitrogen and oxygen atoms in total. The van der Waals surface area contributed by atoms with E-state index >= 15 is 0 Å². The smallest absolute Gasteiger partial charge is 0.0252 e. The molecule has 1 aliphatic rings. The highest BCUT2D eigenvalue weighted by Crippen LogP contribution is 2.10. The molecule has 1 aliphatic heterocycles. The average molecular weight is 187 g/mol. The molecule has 0 saturated carbocycles. The van der Waals surface area contributed by atoms with Crippen molar-refractivity contribution in [1.29, 1.82) is 0 Å². The Labute approximate surface area is 74.8 Å². The number of piperidine rings is 1. The first-order chi connectivity index (χ1) is 3.71. The van der Waals surface area contributed by atoms with Crippen molar-refractivity contribution in [2.45, 2.75) is 25.3 Å². The van der Waals surface area contributed by atoms with Crippen molar-refractivity contribution in [3.05, 3.63) is 0 Å². The molecule has 0 radical (unpaired) electrons. The normalized spacial score (nSPS) is 31.8. The SMILES string of the molecule is CC1(N)CCCNC1.Cl.Cl. The lowest BCUT2D eigenvalue weighted by Gasteiger charge is -2.29. The molecule has 1 rings (SSSR count). The summed E-state index contributed by atoms with van der Waals surface area (Å²) in [5.74, 6) is 0. The van der Waals surface area contributed by atoms with Gasteiger partial charge in [-0.2, -0.15) is 0 Å². The van der Waals surface area contributed by atoms with Gasteiger partial charge in [-0.15, -0.1) is 24.8 Å². The summed E-state index contributed by atoms with van der Waals surface area (Å²) < 4.78 is 0. The van der Waals surface area contributed by atoms with Crippen LogP contribution in [0.3, 0.4) is 0 Å². The van der Waals surface area contributed by atoms with E-state index in [2.05, 4.69) is 12.2 Å². The van der Waals surface area contributed by atoms with E-state index in [0.717, 1.165) is 13.1 Å². The second-order valence-corrected chi connectivity index (χ2v) is 2.93. The highest BCUT2D eigenvalue weighted by atomic mass is 35.5. The Hall–Kier alpha value is 0.500. The van der Waals surface area contributed by atoms with Crippen molar-refractivity contribution < 1.29 is 0 Å². The molecule has 0 bridgehead atoms. The standard InChI is InChI=1S/C6H14N2.2ClH/c1-6(7)3-2-4-8-5-6;;/h8H,2-5,7H2,1H3;2*1H. The largest absolute Gasteiger partial charge is 0.324 e. The molecule has 1 fully saturated rings. The fourth-order valence-electron chi connectivity index (χ4n) is 1.08. The molecule has 0 aromatic carbocycles. The van der Waals surface area contributed by atoms with Crippen LogP contribution < -0.4 is 11.1 Å². The van der Waals surface area contributed by atoms with Crippen LogP contribution in [-0.4, -0.2) is 18.6 Å². The number of hydrogen-bond acceptors (Lipinski definition) is 2. The molecule has 4 heteroatoms. The van der Waals surface area contributed by atoms with Gasteiger partial charge in [-0.1, -0.05) is 0 Å². The predicted molar refractivity (Wildman–Crippen MR) is 49.2 cm³/mol. The van der Waals surface area contributed by atoms with Crippen molar-refractivity contribution in [2.75, 3.05) is 13.1 Å². The first kappa shape index (κ1) is 13.1. The molecule has 10 heavy (non-hydrogen) atoms. The molecule has 1 heterocycles. The molecule has 0 aromatic rings. The Balaban J connectivity index is 0. The molecule has 0 aromatic heterocycles. The highest BCUT2D eigenvalue weighted by Gasteiger charge is 2.20. The maximum Gasteiger partial charge on any atom is 0.0252 e. The van der Waals surface area contributed by atoms with Gasteiger partial charge in [0.15, 0.2) is 0 Å². The molecular formula is C6H16Cl2N2. The van der Waals surface area contributed by atoms with E-state index in [-0.39, 0.29) is 30.4 Å². The number of hydrogen-bond donors (Lipinski definition) is 2. The summed E-state index contributed by atoms with van der Waals surface area (Å²) in [4.78, 5) is 0. The molecule has 1 saturated heterocycles. The van der Waals surface area contributed by atoms with Gasteiger partial charge in [0.2, 0.25) is 0 Å². The van der Waals surface area contributed by atoms with Gasteiger partial charge in [0.1, 0.15) is 0 Å². The zero-order chi connectivity index (χ0) is 6.04. The minimum Gasteiger partial charge on any atom is -0.324 e. The Morgan fingerprint density at radius 1 is 1.40 bits per heavy atom. The van der Waals surface area contributed by atoms with Crippen molar-refractivity contribution >= 4 is 24.8 Å². The van der Waals surface area contributed by atoms with E-state index in [0.29, 0.717) is 0 Å². The Kier molecular flexibility index (Phi) is 6.81. The first-order valence-electron chi connectivity index (χ1n) is 3.20. The molecule has 0 aliphatic carbocycles. The molecule has 0 spiro atoms. The molecule has 3 N–H and O–H groups in total. The van der Waals surface area contributed by atoms with Gasteiger partial charge in [0.25, 0.3) is 0 Å². The van der Waals surface area contributed by atoms with Gasteiger partial charge in [-0.25, -0.2) is 0 Å². The van der Waals surface area contributed by atoms with E-state index in [1.165, 1.54) is 12.8 Å². The second-order valence-electron chi connectivity index (χ2n) is 2.93. The van der Waals surface area contributed by atoms with Crippen molar-refractivity contribution in [3.8, 4) is 0 Å². The first-order valence-corrected chi connectivity index (χ1v) is 3.20. The third-order valence-corrected chi connectivity index (χ3v) is 1.63. The summed E-state index contributed by atoms with van der Waals surface area (Å²) >= 11 is 0. The maximum absolute atomic E-state index is 5.82. The van der Waals surface area contributed by atoms with E-state index < -0.39 is 0 Å². The quantitative estimate of drug-likeness (QED) is 0.592. The minimum absolute atomic E-state index is 0. The lowest BCUT2D eigenvalue weighted by Crippen LogP contribution is -2.50. The van der Waals surface area contributed by atoms with Gasteiger partial charge in [-0.3, -0.25) is 0 Å². The van der Waals surface area contributed by atoms with Crippen LogP contribution in [0.2, 0.25) is 0 Å². The summed E-state index contributed by atoms with van der Waals surface area (Å²) in [6, 6.07) is 0. The van der Waals surface area contributed by atoms with E-state index in [1.807, 2.05) is 0 Å². The number of rotatable bonds is 0. The fraction of sp³-hybridized carbons (Fsp3) is 1.00. The van der Waals surface area contributed by atoms with Crippen LogP contribution in [0.25, 0.3) is 0 Å². The zero-order valence-electron chi connectivity index (χ0n) is 6.22. The maximum atomic E-state index is 5.82. The predicted octanol–water partition coefficient (Wildman–Crippen LogP) is 0.931. The molecule has 64 valence electrons. The Morgan fingerprint density at radius 2 is 2.00 bits per heavy atom. The van der Waals surface area contributed by atoms with Crippen LogP contribution in [0, 0.1) is 0 Å². The van der Waals surface area contributed by atoms with E-state index in [4.69, 9.17) is 5.73 Å². The number of nitrogens with two attached hydrogens (primary N) is 1. The highest BCUT2D eigenvalue weighted by molar-refractivity contribution is 5.85.